The van der Waals surface area contributed by atoms with Crippen molar-refractivity contribution in [3.8, 4) is 0 Å². The lowest BCUT2D eigenvalue weighted by atomic mass is 10.3. The summed E-state index contributed by atoms with van der Waals surface area (Å²) in [6.45, 7) is 5.46. The maximum absolute atomic E-state index is 12.2. The molecule has 0 saturated carbocycles. The van der Waals surface area contributed by atoms with Gasteiger partial charge in [-0.25, -0.2) is 0 Å². The van der Waals surface area contributed by atoms with E-state index >= 15 is 0 Å². The summed E-state index contributed by atoms with van der Waals surface area (Å²) in [6, 6.07) is -0.260. The average Bonchev–Trinajstić information content (AvgIpc) is 2.87. The van der Waals surface area contributed by atoms with Crippen LogP contribution in [0.15, 0.2) is 0 Å². The number of H-pyrrole nitrogens is 1. The van der Waals surface area contributed by atoms with Gasteiger partial charge < -0.3 is 4.90 Å². The number of nitrogens with one attached hydrogen (secondary N) is 1. The normalized spacial score (nSPS) is 17.8. The van der Waals surface area contributed by atoms with E-state index in [2.05, 4.69) is 10.2 Å². The Hall–Kier alpha value is -1.17. The molecule has 6 heteroatoms. The summed E-state index contributed by atoms with van der Waals surface area (Å²) in [7, 11) is 0. The van der Waals surface area contributed by atoms with E-state index < -0.39 is 0 Å². The highest BCUT2D eigenvalue weighted by Crippen LogP contribution is 2.16. The number of hydrogen-bond acceptors (Lipinski definition) is 3. The van der Waals surface area contributed by atoms with E-state index in [1.165, 1.54) is 0 Å². The Balaban J connectivity index is 2.21. The number of rotatable bonds is 2. The Bertz CT molecular complexity index is 444. The number of carbonyl (C=O) groups excluding carboxylic acids is 1. The summed E-state index contributed by atoms with van der Waals surface area (Å²) in [4.78, 5) is 14.1. The molecule has 1 aromatic rings. The summed E-state index contributed by atoms with van der Waals surface area (Å²) < 4.78 is 2.29. The molecule has 1 fully saturated rings. The first-order chi connectivity index (χ1) is 7.61. The summed E-state index contributed by atoms with van der Waals surface area (Å²) in [5.41, 5.74) is 0. The van der Waals surface area contributed by atoms with Crippen LogP contribution in [-0.2, 0) is 4.79 Å². The van der Waals surface area contributed by atoms with Gasteiger partial charge in [-0.2, -0.15) is 5.10 Å². The zero-order valence-corrected chi connectivity index (χ0v) is 10.4. The first kappa shape index (κ1) is 11.3. The Morgan fingerprint density at radius 3 is 2.62 bits per heavy atom. The van der Waals surface area contributed by atoms with Gasteiger partial charge in [0.1, 0.15) is 11.9 Å². The predicted octanol–water partition coefficient (Wildman–Crippen LogP) is 1.43. The van der Waals surface area contributed by atoms with Gasteiger partial charge in [0.2, 0.25) is 5.91 Å². The van der Waals surface area contributed by atoms with Crippen LogP contribution in [0.3, 0.4) is 0 Å². The molecule has 0 bridgehead atoms. The second-order valence-electron chi connectivity index (χ2n) is 4.15. The van der Waals surface area contributed by atoms with Gasteiger partial charge in [0.05, 0.1) is 0 Å². The van der Waals surface area contributed by atoms with E-state index in [4.69, 9.17) is 12.2 Å². The lowest BCUT2D eigenvalue weighted by Gasteiger charge is -2.21. The third-order valence-electron chi connectivity index (χ3n) is 3.04. The summed E-state index contributed by atoms with van der Waals surface area (Å²) in [5, 5.41) is 6.73. The van der Waals surface area contributed by atoms with Crippen molar-refractivity contribution in [2.45, 2.75) is 32.7 Å². The van der Waals surface area contributed by atoms with Crippen LogP contribution in [0.4, 0.5) is 0 Å². The van der Waals surface area contributed by atoms with Gasteiger partial charge in [0, 0.05) is 13.1 Å². The molecule has 1 amide bonds. The smallest absolute Gasteiger partial charge is 0.245 e. The Kier molecular flexibility index (Phi) is 3.09. The molecule has 2 heterocycles. The van der Waals surface area contributed by atoms with E-state index in [-0.39, 0.29) is 11.9 Å². The fraction of sp³-hybridized carbons (Fsp3) is 0.700. The van der Waals surface area contributed by atoms with Crippen molar-refractivity contribution in [2.24, 2.45) is 0 Å². The van der Waals surface area contributed by atoms with E-state index in [0.29, 0.717) is 4.77 Å². The molecule has 0 aliphatic carbocycles. The molecule has 5 nitrogen and oxygen atoms in total. The molecule has 1 saturated heterocycles. The number of aromatic nitrogens is 3. The predicted molar refractivity (Wildman–Crippen MR) is 62.7 cm³/mol. The largest absolute Gasteiger partial charge is 0.341 e. The second kappa shape index (κ2) is 4.37. The SMILES string of the molecule is Cc1n[nH]c(=S)n1C(C)C(=O)N1CCCC1. The maximum Gasteiger partial charge on any atom is 0.245 e. The minimum absolute atomic E-state index is 0.137. The molecule has 1 aliphatic heterocycles. The fourth-order valence-corrected chi connectivity index (χ4v) is 2.49. The minimum Gasteiger partial charge on any atom is -0.341 e. The number of likely N-dealkylation sites (tertiary alicyclic amines) is 1. The standard InChI is InChI=1S/C10H16N4OS/c1-7(9(15)13-5-3-4-6-13)14-8(2)11-12-10(14)16/h7H,3-6H2,1-2H3,(H,12,16). The third kappa shape index (κ3) is 1.89. The van der Waals surface area contributed by atoms with Crippen LogP contribution in [0.5, 0.6) is 0 Å². The molecule has 1 aliphatic rings. The molecule has 1 N–H and O–H groups in total. The minimum atomic E-state index is -0.260. The molecular formula is C10H16N4OS. The lowest BCUT2D eigenvalue weighted by Crippen LogP contribution is -2.34. The summed E-state index contributed by atoms with van der Waals surface area (Å²) >= 11 is 5.12. The molecule has 2 rings (SSSR count). The fourth-order valence-electron chi connectivity index (χ4n) is 2.15. The van der Waals surface area contributed by atoms with Crippen molar-refractivity contribution in [1.82, 2.24) is 19.7 Å². The second-order valence-corrected chi connectivity index (χ2v) is 4.54. The van der Waals surface area contributed by atoms with Gasteiger partial charge in [-0.15, -0.1) is 0 Å². The highest BCUT2D eigenvalue weighted by molar-refractivity contribution is 7.71. The Labute approximate surface area is 99.5 Å². The number of aromatic amines is 1. The highest BCUT2D eigenvalue weighted by atomic mass is 32.1. The van der Waals surface area contributed by atoms with Gasteiger partial charge in [-0.3, -0.25) is 14.5 Å². The van der Waals surface area contributed by atoms with Gasteiger partial charge >= 0.3 is 0 Å². The van der Waals surface area contributed by atoms with Gasteiger partial charge in [-0.1, -0.05) is 0 Å². The Morgan fingerprint density at radius 2 is 2.12 bits per heavy atom. The quantitative estimate of drug-likeness (QED) is 0.796. The van der Waals surface area contributed by atoms with Crippen LogP contribution >= 0.6 is 12.2 Å². The van der Waals surface area contributed by atoms with Crippen molar-refractivity contribution in [1.29, 1.82) is 0 Å². The van der Waals surface area contributed by atoms with Crippen LogP contribution in [0.25, 0.3) is 0 Å². The van der Waals surface area contributed by atoms with Crippen LogP contribution in [-0.4, -0.2) is 38.7 Å². The van der Waals surface area contributed by atoms with Crippen molar-refractivity contribution in [3.05, 3.63) is 10.6 Å². The molecule has 1 aromatic heterocycles. The number of amides is 1. The first-order valence-corrected chi connectivity index (χ1v) is 5.94. The molecule has 1 unspecified atom stereocenters. The number of hydrogen-bond donors (Lipinski definition) is 1. The van der Waals surface area contributed by atoms with Gasteiger partial charge in [0.15, 0.2) is 4.77 Å². The number of aryl methyl sites for hydroxylation is 1. The average molecular weight is 240 g/mol. The summed E-state index contributed by atoms with van der Waals surface area (Å²) in [5.74, 6) is 0.892. The van der Waals surface area contributed by atoms with Crippen LogP contribution in [0.1, 0.15) is 31.6 Å². The highest BCUT2D eigenvalue weighted by Gasteiger charge is 2.25. The van der Waals surface area contributed by atoms with Crippen LogP contribution < -0.4 is 0 Å². The molecule has 1 atom stereocenters. The van der Waals surface area contributed by atoms with E-state index in [1.807, 2.05) is 18.7 Å². The van der Waals surface area contributed by atoms with E-state index in [0.717, 1.165) is 31.8 Å². The Morgan fingerprint density at radius 1 is 1.50 bits per heavy atom. The van der Waals surface area contributed by atoms with Crippen LogP contribution in [0, 0.1) is 11.7 Å². The molecule has 88 valence electrons. The van der Waals surface area contributed by atoms with Gasteiger partial charge in [0.25, 0.3) is 0 Å². The molecule has 0 radical (unpaired) electrons. The van der Waals surface area contributed by atoms with E-state index in [9.17, 15) is 4.79 Å². The molecule has 0 aromatic carbocycles. The maximum atomic E-state index is 12.2. The van der Waals surface area contributed by atoms with Crippen molar-refractivity contribution in [3.63, 3.8) is 0 Å². The van der Waals surface area contributed by atoms with Crippen molar-refractivity contribution < 1.29 is 4.79 Å². The van der Waals surface area contributed by atoms with Gasteiger partial charge in [-0.05, 0) is 38.9 Å². The topological polar surface area (TPSA) is 53.9 Å². The first-order valence-electron chi connectivity index (χ1n) is 5.53. The lowest BCUT2D eigenvalue weighted by molar-refractivity contribution is -0.133. The molecule has 0 spiro atoms. The third-order valence-corrected chi connectivity index (χ3v) is 3.33. The summed E-state index contributed by atoms with van der Waals surface area (Å²) in [6.07, 6.45) is 2.21. The zero-order chi connectivity index (χ0) is 11.7. The van der Waals surface area contributed by atoms with Crippen molar-refractivity contribution in [2.75, 3.05) is 13.1 Å². The van der Waals surface area contributed by atoms with Crippen LogP contribution in [0.2, 0.25) is 0 Å². The van der Waals surface area contributed by atoms with Crippen molar-refractivity contribution >= 4 is 18.1 Å². The van der Waals surface area contributed by atoms with E-state index in [1.54, 1.807) is 4.57 Å². The number of nitrogens with zero attached hydrogens (tertiary/aromatic N) is 3. The molecule has 16 heavy (non-hydrogen) atoms. The zero-order valence-electron chi connectivity index (χ0n) is 9.56. The molecular weight excluding hydrogens is 224 g/mol. The monoisotopic (exact) mass is 240 g/mol. The number of carbonyl (C=O) groups is 1.